The second kappa shape index (κ2) is 7.36. The average molecular weight is 389 g/mol. The molecular weight excluding hydrogens is 368 g/mol. The van der Waals surface area contributed by atoms with Crippen LogP contribution in [0.2, 0.25) is 0 Å². The lowest BCUT2D eigenvalue weighted by Gasteiger charge is -2.40. The van der Waals surface area contributed by atoms with Crippen molar-refractivity contribution >= 4 is 21.8 Å². The van der Waals surface area contributed by atoms with E-state index in [4.69, 9.17) is 4.74 Å². The standard InChI is InChI=1S/C19H21BrN2O2/c1-21-11-12-22(19(23)14-7-9-15(20)10-8-14)13-17(21)16-5-3-4-6-18(16)24-2/h3-10,17H,11-13H2,1-2H3. The molecule has 0 bridgehead atoms. The second-order valence-corrected chi connectivity index (χ2v) is 6.91. The monoisotopic (exact) mass is 388 g/mol. The van der Waals surface area contributed by atoms with Crippen LogP contribution in [0.3, 0.4) is 0 Å². The lowest BCUT2D eigenvalue weighted by atomic mass is 10.0. The van der Waals surface area contributed by atoms with Crippen molar-refractivity contribution in [2.45, 2.75) is 6.04 Å². The number of likely N-dealkylation sites (N-methyl/N-ethyl adjacent to an activating group) is 1. The number of methoxy groups -OCH3 is 1. The van der Waals surface area contributed by atoms with Crippen molar-refractivity contribution in [1.82, 2.24) is 9.80 Å². The van der Waals surface area contributed by atoms with Crippen molar-refractivity contribution in [3.05, 3.63) is 64.1 Å². The summed E-state index contributed by atoms with van der Waals surface area (Å²) in [6.45, 7) is 2.23. The molecule has 3 rings (SSSR count). The largest absolute Gasteiger partial charge is 0.496 e. The van der Waals surface area contributed by atoms with Crippen LogP contribution in [-0.2, 0) is 0 Å². The van der Waals surface area contributed by atoms with Gasteiger partial charge in [0.2, 0.25) is 0 Å². The van der Waals surface area contributed by atoms with E-state index in [2.05, 4.69) is 33.9 Å². The normalized spacial score (nSPS) is 18.5. The number of piperazine rings is 1. The van der Waals surface area contributed by atoms with Gasteiger partial charge < -0.3 is 9.64 Å². The third kappa shape index (κ3) is 3.47. The molecule has 0 radical (unpaired) electrons. The van der Waals surface area contributed by atoms with E-state index in [0.717, 1.165) is 34.4 Å². The van der Waals surface area contributed by atoms with Crippen molar-refractivity contribution in [2.24, 2.45) is 0 Å². The van der Waals surface area contributed by atoms with Gasteiger partial charge in [0.1, 0.15) is 5.75 Å². The summed E-state index contributed by atoms with van der Waals surface area (Å²) in [4.78, 5) is 17.0. The number of nitrogens with zero attached hydrogens (tertiary/aromatic N) is 2. The lowest BCUT2D eigenvalue weighted by molar-refractivity contribution is 0.0542. The molecule has 1 heterocycles. The fraction of sp³-hybridized carbons (Fsp3) is 0.316. The van der Waals surface area contributed by atoms with Gasteiger partial charge in [-0.15, -0.1) is 0 Å². The zero-order valence-electron chi connectivity index (χ0n) is 13.9. The van der Waals surface area contributed by atoms with E-state index in [1.165, 1.54) is 0 Å². The van der Waals surface area contributed by atoms with Crippen LogP contribution in [0.25, 0.3) is 0 Å². The van der Waals surface area contributed by atoms with Crippen LogP contribution < -0.4 is 4.74 Å². The molecule has 1 fully saturated rings. The topological polar surface area (TPSA) is 32.8 Å². The number of benzene rings is 2. The molecule has 0 aromatic heterocycles. The van der Waals surface area contributed by atoms with E-state index in [-0.39, 0.29) is 11.9 Å². The Morgan fingerprint density at radius 2 is 1.83 bits per heavy atom. The van der Waals surface area contributed by atoms with Gasteiger partial charge >= 0.3 is 0 Å². The number of hydrogen-bond donors (Lipinski definition) is 0. The van der Waals surface area contributed by atoms with Crippen molar-refractivity contribution < 1.29 is 9.53 Å². The Bertz CT molecular complexity index is 718. The molecule has 24 heavy (non-hydrogen) atoms. The molecule has 5 heteroatoms. The minimum Gasteiger partial charge on any atom is -0.496 e. The predicted molar refractivity (Wildman–Crippen MR) is 98.4 cm³/mol. The molecule has 126 valence electrons. The SMILES string of the molecule is COc1ccccc1C1CN(C(=O)c2ccc(Br)cc2)CCN1C. The molecule has 1 amide bonds. The molecule has 1 atom stereocenters. The van der Waals surface area contributed by atoms with Gasteiger partial charge in [-0.3, -0.25) is 9.69 Å². The first-order valence-electron chi connectivity index (χ1n) is 7.98. The Hall–Kier alpha value is -1.85. The fourth-order valence-electron chi connectivity index (χ4n) is 3.11. The van der Waals surface area contributed by atoms with Gasteiger partial charge in [0.25, 0.3) is 5.91 Å². The Morgan fingerprint density at radius 1 is 1.12 bits per heavy atom. The highest BCUT2D eigenvalue weighted by molar-refractivity contribution is 9.10. The van der Waals surface area contributed by atoms with Crippen molar-refractivity contribution in [2.75, 3.05) is 33.8 Å². The van der Waals surface area contributed by atoms with Gasteiger partial charge in [0.15, 0.2) is 0 Å². The first kappa shape index (κ1) is 17.0. The zero-order chi connectivity index (χ0) is 17.1. The predicted octanol–water partition coefficient (Wildman–Crippen LogP) is 3.59. The Morgan fingerprint density at radius 3 is 2.54 bits per heavy atom. The number of para-hydroxylation sites is 1. The molecule has 0 N–H and O–H groups in total. The van der Waals surface area contributed by atoms with E-state index in [1.807, 2.05) is 47.4 Å². The van der Waals surface area contributed by atoms with Crippen LogP contribution in [0, 0.1) is 0 Å². The van der Waals surface area contributed by atoms with Gasteiger partial charge in [-0.1, -0.05) is 34.1 Å². The van der Waals surface area contributed by atoms with Crippen LogP contribution in [0.4, 0.5) is 0 Å². The minimum absolute atomic E-state index is 0.0792. The summed E-state index contributed by atoms with van der Waals surface area (Å²) in [7, 11) is 3.78. The molecule has 1 unspecified atom stereocenters. The van der Waals surface area contributed by atoms with Crippen molar-refractivity contribution in [3.8, 4) is 5.75 Å². The van der Waals surface area contributed by atoms with E-state index in [9.17, 15) is 4.79 Å². The first-order valence-corrected chi connectivity index (χ1v) is 8.77. The summed E-state index contributed by atoms with van der Waals surface area (Å²) >= 11 is 3.41. The van der Waals surface area contributed by atoms with Crippen molar-refractivity contribution in [1.29, 1.82) is 0 Å². The molecule has 0 saturated carbocycles. The summed E-state index contributed by atoms with van der Waals surface area (Å²) in [5.74, 6) is 0.947. The quantitative estimate of drug-likeness (QED) is 0.805. The zero-order valence-corrected chi connectivity index (χ0v) is 15.5. The highest BCUT2D eigenvalue weighted by Gasteiger charge is 2.30. The molecular formula is C19H21BrN2O2. The van der Waals surface area contributed by atoms with Gasteiger partial charge in [0.05, 0.1) is 13.2 Å². The van der Waals surface area contributed by atoms with E-state index in [1.54, 1.807) is 7.11 Å². The van der Waals surface area contributed by atoms with Crippen molar-refractivity contribution in [3.63, 3.8) is 0 Å². The Labute approximate surface area is 151 Å². The smallest absolute Gasteiger partial charge is 0.253 e. The number of ether oxygens (including phenoxy) is 1. The third-order valence-electron chi connectivity index (χ3n) is 4.52. The van der Waals surface area contributed by atoms with E-state index >= 15 is 0 Å². The highest BCUT2D eigenvalue weighted by atomic mass is 79.9. The molecule has 1 aliphatic rings. The van der Waals surface area contributed by atoms with Gasteiger partial charge in [-0.2, -0.15) is 0 Å². The van der Waals surface area contributed by atoms with Gasteiger partial charge in [-0.25, -0.2) is 0 Å². The summed E-state index contributed by atoms with van der Waals surface area (Å²) in [5.41, 5.74) is 1.84. The van der Waals surface area contributed by atoms with Gasteiger partial charge in [-0.05, 0) is 37.4 Å². The summed E-state index contributed by atoms with van der Waals surface area (Å²) in [6, 6.07) is 15.7. The third-order valence-corrected chi connectivity index (χ3v) is 5.05. The van der Waals surface area contributed by atoms with Crippen LogP contribution in [0.1, 0.15) is 22.0 Å². The molecule has 1 aliphatic heterocycles. The number of hydrogen-bond acceptors (Lipinski definition) is 3. The average Bonchev–Trinajstić information content (AvgIpc) is 2.62. The summed E-state index contributed by atoms with van der Waals surface area (Å²) in [6.07, 6.45) is 0. The molecule has 2 aromatic carbocycles. The Kier molecular flexibility index (Phi) is 5.21. The van der Waals surface area contributed by atoms with Crippen LogP contribution in [0.15, 0.2) is 53.0 Å². The number of halogens is 1. The number of amides is 1. The number of rotatable bonds is 3. The molecule has 2 aromatic rings. The highest BCUT2D eigenvalue weighted by Crippen LogP contribution is 2.31. The van der Waals surface area contributed by atoms with E-state index in [0.29, 0.717) is 6.54 Å². The fourth-order valence-corrected chi connectivity index (χ4v) is 3.38. The van der Waals surface area contributed by atoms with Crippen LogP contribution in [-0.4, -0.2) is 49.5 Å². The van der Waals surface area contributed by atoms with Crippen LogP contribution >= 0.6 is 15.9 Å². The molecule has 1 saturated heterocycles. The van der Waals surface area contributed by atoms with Crippen LogP contribution in [0.5, 0.6) is 5.75 Å². The maximum Gasteiger partial charge on any atom is 0.253 e. The van der Waals surface area contributed by atoms with Gasteiger partial charge in [0, 0.05) is 35.2 Å². The second-order valence-electron chi connectivity index (χ2n) is 6.00. The minimum atomic E-state index is 0.0792. The maximum absolute atomic E-state index is 12.8. The Balaban J connectivity index is 1.83. The maximum atomic E-state index is 12.8. The number of carbonyl (C=O) groups excluding carboxylic acids is 1. The van der Waals surface area contributed by atoms with E-state index < -0.39 is 0 Å². The molecule has 0 aliphatic carbocycles. The molecule has 4 nitrogen and oxygen atoms in total. The lowest BCUT2D eigenvalue weighted by Crippen LogP contribution is -2.49. The summed E-state index contributed by atoms with van der Waals surface area (Å²) in [5, 5.41) is 0. The number of carbonyl (C=O) groups is 1. The first-order chi connectivity index (χ1) is 11.6. The molecule has 0 spiro atoms. The summed E-state index contributed by atoms with van der Waals surface area (Å²) < 4.78 is 6.48.